The summed E-state index contributed by atoms with van der Waals surface area (Å²) in [4.78, 5) is 5.25. The summed E-state index contributed by atoms with van der Waals surface area (Å²) in [6.45, 7) is 13.6. The summed E-state index contributed by atoms with van der Waals surface area (Å²) in [7, 11) is 0. The zero-order chi connectivity index (χ0) is 29.9. The van der Waals surface area contributed by atoms with Crippen LogP contribution in [-0.4, -0.2) is 9.55 Å². The number of imidazole rings is 1. The fourth-order valence-corrected chi connectivity index (χ4v) is 6.24. The van der Waals surface area contributed by atoms with Gasteiger partial charge in [-0.05, 0) is 70.3 Å². The summed E-state index contributed by atoms with van der Waals surface area (Å²) in [5, 5.41) is 2.25. The highest BCUT2D eigenvalue weighted by Crippen LogP contribution is 2.41. The lowest BCUT2D eigenvalue weighted by molar-refractivity contribution is 0.411. The van der Waals surface area contributed by atoms with Gasteiger partial charge in [-0.3, -0.25) is 4.57 Å². The van der Waals surface area contributed by atoms with Crippen LogP contribution < -0.4 is 0 Å². The van der Waals surface area contributed by atoms with Crippen LogP contribution in [0.25, 0.3) is 61.2 Å². The van der Waals surface area contributed by atoms with Gasteiger partial charge in [-0.25, -0.2) is 4.98 Å². The molecule has 0 saturated carbocycles. The zero-order valence-electron chi connectivity index (χ0n) is 25.9. The Labute approximate surface area is 253 Å². The minimum absolute atomic E-state index is 0.0214. The van der Waals surface area contributed by atoms with Crippen LogP contribution >= 0.6 is 0 Å². The molecule has 0 aliphatic rings. The van der Waals surface area contributed by atoms with E-state index in [0.29, 0.717) is 0 Å². The van der Waals surface area contributed by atoms with Crippen LogP contribution in [0.1, 0.15) is 52.7 Å². The van der Waals surface area contributed by atoms with Crippen molar-refractivity contribution >= 4 is 33.0 Å². The molecule has 0 aliphatic heterocycles. The Hall–Kier alpha value is -4.63. The first kappa shape index (κ1) is 27.2. The lowest BCUT2D eigenvalue weighted by atomic mass is 9.85. The fourth-order valence-electron chi connectivity index (χ4n) is 6.24. The minimum Gasteiger partial charge on any atom is -0.455 e. The number of rotatable bonds is 4. The molecule has 2 aromatic heterocycles. The van der Waals surface area contributed by atoms with Crippen LogP contribution in [0.4, 0.5) is 0 Å². The van der Waals surface area contributed by atoms with Crippen molar-refractivity contribution in [2.75, 3.05) is 0 Å². The highest BCUT2D eigenvalue weighted by atomic mass is 16.3. The molecule has 0 aliphatic carbocycles. The molecule has 7 rings (SSSR count). The summed E-state index contributed by atoms with van der Waals surface area (Å²) in [5.41, 5.74) is 11.1. The molecule has 0 saturated heterocycles. The molecule has 3 heteroatoms. The summed E-state index contributed by atoms with van der Waals surface area (Å²) in [6, 6.07) is 39.1. The van der Waals surface area contributed by atoms with Crippen molar-refractivity contribution < 1.29 is 4.42 Å². The van der Waals surface area contributed by atoms with Crippen molar-refractivity contribution in [3.05, 3.63) is 120 Å². The van der Waals surface area contributed by atoms with Gasteiger partial charge >= 0.3 is 0 Å². The van der Waals surface area contributed by atoms with Crippen molar-refractivity contribution in [2.24, 2.45) is 5.41 Å². The number of benzene rings is 5. The van der Waals surface area contributed by atoms with Crippen molar-refractivity contribution in [3.8, 4) is 28.2 Å². The highest BCUT2D eigenvalue weighted by Gasteiger charge is 2.23. The first-order valence-electron chi connectivity index (χ1n) is 15.2. The van der Waals surface area contributed by atoms with Gasteiger partial charge in [-0.1, -0.05) is 114 Å². The van der Waals surface area contributed by atoms with E-state index in [0.717, 1.165) is 56.5 Å². The van der Waals surface area contributed by atoms with E-state index in [1.807, 2.05) is 0 Å². The van der Waals surface area contributed by atoms with E-state index in [2.05, 4.69) is 155 Å². The van der Waals surface area contributed by atoms with Gasteiger partial charge in [0.1, 0.15) is 17.0 Å². The highest BCUT2D eigenvalue weighted by molar-refractivity contribution is 6.09. The Balaban J connectivity index is 1.51. The summed E-state index contributed by atoms with van der Waals surface area (Å²) in [6.07, 6.45) is 0.995. The standard InChI is InChI=1S/C40H38N2O/c1-39(2,3)25-26-19-21-29-30-15-12-16-31(37(30)43-36(29)23-26)38-41-33-17-10-11-18-35(33)42(38)34-22-20-28(40(4,5)6)24-32(34)27-13-8-7-9-14-27/h7-24H,25H2,1-6H3. The van der Waals surface area contributed by atoms with E-state index in [-0.39, 0.29) is 10.8 Å². The molecule has 0 radical (unpaired) electrons. The molecule has 0 N–H and O–H groups in total. The van der Waals surface area contributed by atoms with Crippen molar-refractivity contribution in [2.45, 2.75) is 53.4 Å². The quantitative estimate of drug-likeness (QED) is 0.214. The maximum Gasteiger partial charge on any atom is 0.149 e. The zero-order valence-corrected chi connectivity index (χ0v) is 25.9. The number of hydrogen-bond donors (Lipinski definition) is 0. The third kappa shape index (κ3) is 4.93. The lowest BCUT2D eigenvalue weighted by Gasteiger charge is -2.23. The minimum atomic E-state index is 0.0214. The average molecular weight is 563 g/mol. The predicted molar refractivity (Wildman–Crippen MR) is 181 cm³/mol. The first-order valence-corrected chi connectivity index (χ1v) is 15.2. The second-order valence-corrected chi connectivity index (χ2v) is 14.0. The Morgan fingerprint density at radius 3 is 2.21 bits per heavy atom. The molecule has 5 aromatic carbocycles. The van der Waals surface area contributed by atoms with E-state index in [4.69, 9.17) is 9.40 Å². The normalized spacial score (nSPS) is 12.5. The van der Waals surface area contributed by atoms with E-state index in [1.165, 1.54) is 22.3 Å². The molecular formula is C40H38N2O. The summed E-state index contributed by atoms with van der Waals surface area (Å²) in [5.74, 6) is 0.876. The molecule has 2 heterocycles. The maximum atomic E-state index is 6.71. The topological polar surface area (TPSA) is 31.0 Å². The molecule has 0 atom stereocenters. The molecule has 3 nitrogen and oxygen atoms in total. The molecule has 214 valence electrons. The van der Waals surface area contributed by atoms with Gasteiger partial charge in [0.05, 0.1) is 22.3 Å². The third-order valence-corrected chi connectivity index (χ3v) is 8.29. The van der Waals surface area contributed by atoms with Gasteiger partial charge in [-0.2, -0.15) is 0 Å². The Kier molecular flexibility index (Phi) is 6.32. The van der Waals surface area contributed by atoms with Gasteiger partial charge in [0.15, 0.2) is 0 Å². The van der Waals surface area contributed by atoms with E-state index < -0.39 is 0 Å². The first-order chi connectivity index (χ1) is 20.6. The molecular weight excluding hydrogens is 524 g/mol. The largest absolute Gasteiger partial charge is 0.455 e. The van der Waals surface area contributed by atoms with Crippen molar-refractivity contribution in [1.29, 1.82) is 0 Å². The predicted octanol–water partition coefficient (Wildman–Crippen LogP) is 11.1. The Morgan fingerprint density at radius 2 is 1.44 bits per heavy atom. The molecule has 0 fully saturated rings. The number of nitrogens with zero attached hydrogens (tertiary/aromatic N) is 2. The molecule has 0 unspecified atom stereocenters. The van der Waals surface area contributed by atoms with E-state index in [9.17, 15) is 0 Å². The maximum absolute atomic E-state index is 6.71. The number of furan rings is 1. The van der Waals surface area contributed by atoms with E-state index in [1.54, 1.807) is 0 Å². The SMILES string of the molecule is CC(C)(C)Cc1ccc2c(c1)oc1c(-c3nc4ccccc4n3-c3ccc(C(C)(C)C)cc3-c3ccccc3)cccc12. The van der Waals surface area contributed by atoms with Crippen molar-refractivity contribution in [1.82, 2.24) is 9.55 Å². The number of hydrogen-bond acceptors (Lipinski definition) is 2. The second kappa shape index (κ2) is 9.98. The molecule has 0 bridgehead atoms. The van der Waals surface area contributed by atoms with Crippen LogP contribution in [0, 0.1) is 5.41 Å². The van der Waals surface area contributed by atoms with Gasteiger partial charge in [0.2, 0.25) is 0 Å². The van der Waals surface area contributed by atoms with E-state index >= 15 is 0 Å². The molecule has 43 heavy (non-hydrogen) atoms. The molecule has 0 spiro atoms. The van der Waals surface area contributed by atoms with Crippen LogP contribution in [0.2, 0.25) is 0 Å². The van der Waals surface area contributed by atoms with Crippen LogP contribution in [0.5, 0.6) is 0 Å². The summed E-state index contributed by atoms with van der Waals surface area (Å²) >= 11 is 0. The molecule has 7 aromatic rings. The number of fused-ring (bicyclic) bond motifs is 4. The van der Waals surface area contributed by atoms with Crippen molar-refractivity contribution in [3.63, 3.8) is 0 Å². The second-order valence-electron chi connectivity index (χ2n) is 14.0. The number of aromatic nitrogens is 2. The molecule has 0 amide bonds. The van der Waals surface area contributed by atoms with Gasteiger partial charge in [0, 0.05) is 16.3 Å². The van der Waals surface area contributed by atoms with Gasteiger partial charge in [0.25, 0.3) is 0 Å². The van der Waals surface area contributed by atoms with Crippen LogP contribution in [-0.2, 0) is 11.8 Å². The summed E-state index contributed by atoms with van der Waals surface area (Å²) < 4.78 is 9.02. The van der Waals surface area contributed by atoms with Crippen LogP contribution in [0.15, 0.2) is 114 Å². The van der Waals surface area contributed by atoms with Crippen LogP contribution in [0.3, 0.4) is 0 Å². The number of para-hydroxylation sites is 3. The Bertz CT molecular complexity index is 2110. The smallest absolute Gasteiger partial charge is 0.149 e. The Morgan fingerprint density at radius 1 is 0.674 bits per heavy atom. The third-order valence-electron chi connectivity index (χ3n) is 8.29. The lowest BCUT2D eigenvalue weighted by Crippen LogP contribution is -2.12. The van der Waals surface area contributed by atoms with Gasteiger partial charge < -0.3 is 4.42 Å². The fraction of sp³-hybridized carbons (Fsp3) is 0.225. The van der Waals surface area contributed by atoms with Gasteiger partial charge in [-0.15, -0.1) is 0 Å². The monoisotopic (exact) mass is 562 g/mol. The average Bonchev–Trinajstić information content (AvgIpc) is 3.54.